The highest BCUT2D eigenvalue weighted by molar-refractivity contribution is 5.67. The van der Waals surface area contributed by atoms with E-state index in [2.05, 4.69) is 5.32 Å². The minimum Gasteiger partial charge on any atom is -0.397 e. The predicted molar refractivity (Wildman–Crippen MR) is 75.5 cm³/mol. The Kier molecular flexibility index (Phi) is 4.78. The molecule has 0 bridgehead atoms. The molecule has 0 atom stereocenters. The highest BCUT2D eigenvalue weighted by Crippen LogP contribution is 2.33. The SMILES string of the molecule is Nc1cc(C(F)(F)F)ccc1NCCC1CCCCC1. The van der Waals surface area contributed by atoms with E-state index in [-0.39, 0.29) is 5.69 Å². The molecule has 112 valence electrons. The molecular formula is C15H21F3N2. The number of alkyl halides is 3. The number of hydrogen-bond donors (Lipinski definition) is 2. The summed E-state index contributed by atoms with van der Waals surface area (Å²) in [6.45, 7) is 0.764. The van der Waals surface area contributed by atoms with Crippen molar-refractivity contribution in [1.82, 2.24) is 0 Å². The molecule has 1 fully saturated rings. The number of benzene rings is 1. The van der Waals surface area contributed by atoms with Gasteiger partial charge in [0, 0.05) is 6.54 Å². The quantitative estimate of drug-likeness (QED) is 0.789. The van der Waals surface area contributed by atoms with Gasteiger partial charge in [0.25, 0.3) is 0 Å². The Balaban J connectivity index is 1.86. The largest absolute Gasteiger partial charge is 0.416 e. The number of nitrogens with two attached hydrogens (primary N) is 1. The molecule has 0 aliphatic heterocycles. The van der Waals surface area contributed by atoms with Gasteiger partial charge in [-0.15, -0.1) is 0 Å². The Morgan fingerprint density at radius 3 is 2.45 bits per heavy atom. The number of halogens is 3. The smallest absolute Gasteiger partial charge is 0.397 e. The van der Waals surface area contributed by atoms with Gasteiger partial charge in [-0.2, -0.15) is 13.2 Å². The van der Waals surface area contributed by atoms with Gasteiger partial charge in [-0.25, -0.2) is 0 Å². The molecule has 2 rings (SSSR count). The standard InChI is InChI=1S/C15H21F3N2/c16-15(17,18)12-6-7-14(13(19)10-12)20-9-8-11-4-2-1-3-5-11/h6-7,10-11,20H,1-5,8-9,19H2. The molecule has 0 aromatic heterocycles. The van der Waals surface area contributed by atoms with Crippen molar-refractivity contribution in [2.24, 2.45) is 5.92 Å². The van der Waals surface area contributed by atoms with Gasteiger partial charge in [0.15, 0.2) is 0 Å². The van der Waals surface area contributed by atoms with Crippen LogP contribution in [-0.4, -0.2) is 6.54 Å². The summed E-state index contributed by atoms with van der Waals surface area (Å²) in [5.41, 5.74) is 5.72. The second kappa shape index (κ2) is 6.37. The van der Waals surface area contributed by atoms with Crippen molar-refractivity contribution < 1.29 is 13.2 Å². The van der Waals surface area contributed by atoms with Gasteiger partial charge >= 0.3 is 6.18 Å². The van der Waals surface area contributed by atoms with Crippen LogP contribution in [0.15, 0.2) is 18.2 Å². The fraction of sp³-hybridized carbons (Fsp3) is 0.600. The van der Waals surface area contributed by atoms with Crippen molar-refractivity contribution in [3.63, 3.8) is 0 Å². The van der Waals surface area contributed by atoms with E-state index in [1.165, 1.54) is 38.2 Å². The maximum absolute atomic E-state index is 12.5. The fourth-order valence-corrected chi connectivity index (χ4v) is 2.79. The molecular weight excluding hydrogens is 265 g/mol. The topological polar surface area (TPSA) is 38.0 Å². The van der Waals surface area contributed by atoms with Gasteiger partial charge in [0.1, 0.15) is 0 Å². The van der Waals surface area contributed by atoms with Crippen LogP contribution in [0.25, 0.3) is 0 Å². The highest BCUT2D eigenvalue weighted by atomic mass is 19.4. The molecule has 1 aromatic rings. The summed E-state index contributed by atoms with van der Waals surface area (Å²) >= 11 is 0. The average Bonchev–Trinajstić information content (AvgIpc) is 2.40. The van der Waals surface area contributed by atoms with Crippen LogP contribution in [0.2, 0.25) is 0 Å². The van der Waals surface area contributed by atoms with Crippen molar-refractivity contribution in [3.05, 3.63) is 23.8 Å². The zero-order chi connectivity index (χ0) is 14.6. The summed E-state index contributed by atoms with van der Waals surface area (Å²) < 4.78 is 37.6. The second-order valence-electron chi connectivity index (χ2n) is 5.52. The molecule has 0 saturated heterocycles. The predicted octanol–water partition coefficient (Wildman–Crippen LogP) is 4.67. The second-order valence-corrected chi connectivity index (χ2v) is 5.52. The lowest BCUT2D eigenvalue weighted by atomic mass is 9.87. The maximum Gasteiger partial charge on any atom is 0.416 e. The summed E-state index contributed by atoms with van der Waals surface area (Å²) in [5.74, 6) is 0.743. The van der Waals surface area contributed by atoms with Gasteiger partial charge in [0.2, 0.25) is 0 Å². The molecule has 0 radical (unpaired) electrons. The molecule has 1 saturated carbocycles. The van der Waals surface area contributed by atoms with Crippen LogP contribution in [0.3, 0.4) is 0 Å². The van der Waals surface area contributed by atoms with E-state index in [4.69, 9.17) is 5.73 Å². The van der Waals surface area contributed by atoms with Crippen LogP contribution in [-0.2, 0) is 6.18 Å². The Hall–Kier alpha value is -1.39. The summed E-state index contributed by atoms with van der Waals surface area (Å²) in [7, 11) is 0. The van der Waals surface area contributed by atoms with Gasteiger partial charge < -0.3 is 11.1 Å². The van der Waals surface area contributed by atoms with Crippen LogP contribution in [0.5, 0.6) is 0 Å². The van der Waals surface area contributed by atoms with E-state index in [0.29, 0.717) is 5.69 Å². The monoisotopic (exact) mass is 286 g/mol. The summed E-state index contributed by atoms with van der Waals surface area (Å²) in [6, 6.07) is 3.47. The van der Waals surface area contributed by atoms with E-state index < -0.39 is 11.7 Å². The first kappa shape index (κ1) is 15.0. The molecule has 1 aromatic carbocycles. The van der Waals surface area contributed by atoms with Gasteiger partial charge in [-0.3, -0.25) is 0 Å². The minimum absolute atomic E-state index is 0.156. The highest BCUT2D eigenvalue weighted by Gasteiger charge is 2.30. The molecule has 1 aliphatic carbocycles. The van der Waals surface area contributed by atoms with Gasteiger partial charge in [-0.05, 0) is 30.5 Å². The molecule has 5 heteroatoms. The van der Waals surface area contributed by atoms with Crippen LogP contribution in [0.1, 0.15) is 44.1 Å². The molecule has 20 heavy (non-hydrogen) atoms. The lowest BCUT2D eigenvalue weighted by Crippen LogP contribution is -2.13. The molecule has 0 heterocycles. The Labute approximate surface area is 117 Å². The van der Waals surface area contributed by atoms with Crippen LogP contribution >= 0.6 is 0 Å². The molecule has 0 amide bonds. The van der Waals surface area contributed by atoms with Crippen LogP contribution in [0.4, 0.5) is 24.5 Å². The van der Waals surface area contributed by atoms with Crippen LogP contribution < -0.4 is 11.1 Å². The van der Waals surface area contributed by atoms with Crippen molar-refractivity contribution in [2.45, 2.75) is 44.7 Å². The minimum atomic E-state index is -4.34. The average molecular weight is 286 g/mol. The van der Waals surface area contributed by atoms with Gasteiger partial charge in [-0.1, -0.05) is 32.1 Å². The third kappa shape index (κ3) is 4.05. The third-order valence-corrected chi connectivity index (χ3v) is 3.97. The van der Waals surface area contributed by atoms with Crippen molar-refractivity contribution in [3.8, 4) is 0 Å². The van der Waals surface area contributed by atoms with Crippen molar-refractivity contribution in [2.75, 3.05) is 17.6 Å². The fourth-order valence-electron chi connectivity index (χ4n) is 2.79. The summed E-state index contributed by atoms with van der Waals surface area (Å²) in [6.07, 6.45) is 3.18. The first-order valence-electron chi connectivity index (χ1n) is 7.17. The van der Waals surface area contributed by atoms with Crippen LogP contribution in [0, 0.1) is 5.92 Å². The number of rotatable bonds is 4. The van der Waals surface area contributed by atoms with Crippen molar-refractivity contribution in [1.29, 1.82) is 0 Å². The van der Waals surface area contributed by atoms with Crippen molar-refractivity contribution >= 4 is 11.4 Å². The lowest BCUT2D eigenvalue weighted by molar-refractivity contribution is -0.137. The van der Waals surface area contributed by atoms with E-state index in [0.717, 1.165) is 31.0 Å². The van der Waals surface area contributed by atoms with Gasteiger partial charge in [0.05, 0.1) is 16.9 Å². The Bertz CT molecular complexity index is 437. The molecule has 1 aliphatic rings. The zero-order valence-corrected chi connectivity index (χ0v) is 11.5. The number of hydrogen-bond acceptors (Lipinski definition) is 2. The van der Waals surface area contributed by atoms with E-state index in [1.807, 2.05) is 0 Å². The molecule has 2 nitrogen and oxygen atoms in total. The zero-order valence-electron chi connectivity index (χ0n) is 11.5. The number of anilines is 2. The van der Waals surface area contributed by atoms with E-state index >= 15 is 0 Å². The molecule has 0 unspecified atom stereocenters. The number of nitrogen functional groups attached to an aromatic ring is 1. The Morgan fingerprint density at radius 2 is 1.85 bits per heavy atom. The van der Waals surface area contributed by atoms with E-state index in [1.54, 1.807) is 0 Å². The molecule has 3 N–H and O–H groups in total. The number of nitrogens with one attached hydrogen (secondary N) is 1. The normalized spacial score (nSPS) is 17.1. The molecule has 0 spiro atoms. The Morgan fingerprint density at radius 1 is 1.15 bits per heavy atom. The van der Waals surface area contributed by atoms with E-state index in [9.17, 15) is 13.2 Å². The first-order valence-corrected chi connectivity index (χ1v) is 7.17. The maximum atomic E-state index is 12.5. The summed E-state index contributed by atoms with van der Waals surface area (Å²) in [5, 5.41) is 3.15. The first-order chi connectivity index (χ1) is 9.47. The lowest BCUT2D eigenvalue weighted by Gasteiger charge is -2.22. The third-order valence-electron chi connectivity index (χ3n) is 3.97. The summed E-state index contributed by atoms with van der Waals surface area (Å²) in [4.78, 5) is 0.